The van der Waals surface area contributed by atoms with Crippen LogP contribution in [0, 0.1) is 0 Å². The van der Waals surface area contributed by atoms with Gasteiger partial charge >= 0.3 is 0 Å². The van der Waals surface area contributed by atoms with Crippen molar-refractivity contribution in [2.24, 2.45) is 0 Å². The molecule has 0 heterocycles. The average Bonchev–Trinajstić information content (AvgIpc) is 2.39. The minimum Gasteiger partial charge on any atom is -0.497 e. The second-order valence-electron chi connectivity index (χ2n) is 4.94. The van der Waals surface area contributed by atoms with Crippen LogP contribution in [0.5, 0.6) is 5.75 Å². The first kappa shape index (κ1) is 15.0. The van der Waals surface area contributed by atoms with Crippen LogP contribution in [-0.4, -0.2) is 13.2 Å². The van der Waals surface area contributed by atoms with E-state index in [1.807, 2.05) is 6.07 Å². The summed E-state index contributed by atoms with van der Waals surface area (Å²) < 4.78 is 5.28. The Kier molecular flexibility index (Phi) is 6.81. The molecule has 18 heavy (non-hydrogen) atoms. The number of hydrogen-bond acceptors (Lipinski definition) is 2. The molecule has 0 saturated heterocycles. The lowest BCUT2D eigenvalue weighted by Crippen LogP contribution is -2.31. The Labute approximate surface area is 112 Å². The summed E-state index contributed by atoms with van der Waals surface area (Å²) in [4.78, 5) is 0. The highest BCUT2D eigenvalue weighted by molar-refractivity contribution is 5.30. The van der Waals surface area contributed by atoms with Crippen LogP contribution in [0.25, 0.3) is 0 Å². The Bertz CT molecular complexity index is 332. The third kappa shape index (κ3) is 4.69. The zero-order valence-corrected chi connectivity index (χ0v) is 12.2. The Morgan fingerprint density at radius 2 is 1.83 bits per heavy atom. The first-order valence-corrected chi connectivity index (χ1v) is 7.11. The number of hydrogen-bond donors (Lipinski definition) is 1. The van der Waals surface area contributed by atoms with Crippen molar-refractivity contribution in [3.63, 3.8) is 0 Å². The Morgan fingerprint density at radius 3 is 2.39 bits per heavy atom. The van der Waals surface area contributed by atoms with Gasteiger partial charge in [0.05, 0.1) is 7.11 Å². The SMILES string of the molecule is CCCC(CCC)N[C@H](C)c1cccc(OC)c1. The quantitative estimate of drug-likeness (QED) is 0.741. The summed E-state index contributed by atoms with van der Waals surface area (Å²) in [6.45, 7) is 6.73. The third-order valence-electron chi connectivity index (χ3n) is 3.35. The molecule has 0 aliphatic rings. The molecule has 0 fully saturated rings. The standard InChI is InChI=1S/C16H27NO/c1-5-8-15(9-6-2)17-13(3)14-10-7-11-16(12-14)18-4/h7,10-13,15,17H,5-6,8-9H2,1-4H3/t13-/m1/s1. The molecule has 102 valence electrons. The molecular formula is C16H27NO. The number of ether oxygens (including phenoxy) is 1. The second kappa shape index (κ2) is 8.15. The molecule has 0 saturated carbocycles. The normalized spacial score (nSPS) is 12.7. The van der Waals surface area contributed by atoms with Gasteiger partial charge in [-0.05, 0) is 37.5 Å². The predicted octanol–water partition coefficient (Wildman–Crippen LogP) is 4.31. The molecule has 1 N–H and O–H groups in total. The topological polar surface area (TPSA) is 21.3 Å². The molecule has 0 spiro atoms. The Balaban J connectivity index is 2.63. The molecule has 0 aliphatic heterocycles. The molecule has 0 aromatic heterocycles. The number of rotatable bonds is 8. The van der Waals surface area contributed by atoms with Gasteiger partial charge in [-0.1, -0.05) is 38.8 Å². The first-order valence-electron chi connectivity index (χ1n) is 7.11. The van der Waals surface area contributed by atoms with Gasteiger partial charge in [-0.3, -0.25) is 0 Å². The summed E-state index contributed by atoms with van der Waals surface area (Å²) in [5, 5.41) is 3.73. The fourth-order valence-corrected chi connectivity index (χ4v) is 2.37. The zero-order chi connectivity index (χ0) is 13.4. The van der Waals surface area contributed by atoms with Crippen molar-refractivity contribution in [3.05, 3.63) is 29.8 Å². The summed E-state index contributed by atoms with van der Waals surface area (Å²) in [5.41, 5.74) is 1.30. The van der Waals surface area contributed by atoms with Gasteiger partial charge in [0.25, 0.3) is 0 Å². The van der Waals surface area contributed by atoms with Crippen LogP contribution in [-0.2, 0) is 0 Å². The minimum atomic E-state index is 0.378. The van der Waals surface area contributed by atoms with Crippen molar-refractivity contribution < 1.29 is 4.74 Å². The fourth-order valence-electron chi connectivity index (χ4n) is 2.37. The van der Waals surface area contributed by atoms with E-state index < -0.39 is 0 Å². The maximum Gasteiger partial charge on any atom is 0.119 e. The molecule has 0 bridgehead atoms. The van der Waals surface area contributed by atoms with Crippen LogP contribution in [0.15, 0.2) is 24.3 Å². The summed E-state index contributed by atoms with van der Waals surface area (Å²) in [6.07, 6.45) is 4.98. The molecule has 1 aromatic rings. The van der Waals surface area contributed by atoms with Gasteiger partial charge < -0.3 is 10.1 Å². The van der Waals surface area contributed by atoms with E-state index in [4.69, 9.17) is 4.74 Å². The number of methoxy groups -OCH3 is 1. The molecule has 1 atom stereocenters. The summed E-state index contributed by atoms with van der Waals surface area (Å²) >= 11 is 0. The molecule has 2 heteroatoms. The highest BCUT2D eigenvalue weighted by Crippen LogP contribution is 2.20. The van der Waals surface area contributed by atoms with Gasteiger partial charge in [-0.15, -0.1) is 0 Å². The highest BCUT2D eigenvalue weighted by atomic mass is 16.5. The summed E-state index contributed by atoms with van der Waals surface area (Å²) in [7, 11) is 1.72. The molecule has 0 amide bonds. The van der Waals surface area contributed by atoms with Gasteiger partial charge in [0.2, 0.25) is 0 Å². The van der Waals surface area contributed by atoms with E-state index in [1.165, 1.54) is 31.2 Å². The number of nitrogens with one attached hydrogen (secondary N) is 1. The smallest absolute Gasteiger partial charge is 0.119 e. The van der Waals surface area contributed by atoms with Crippen LogP contribution < -0.4 is 10.1 Å². The van der Waals surface area contributed by atoms with E-state index in [-0.39, 0.29) is 0 Å². The molecular weight excluding hydrogens is 222 g/mol. The number of benzene rings is 1. The van der Waals surface area contributed by atoms with Crippen molar-refractivity contribution in [2.45, 2.75) is 58.5 Å². The van der Waals surface area contributed by atoms with Crippen molar-refractivity contribution in [1.29, 1.82) is 0 Å². The van der Waals surface area contributed by atoms with Crippen LogP contribution >= 0.6 is 0 Å². The van der Waals surface area contributed by atoms with Gasteiger partial charge in [-0.25, -0.2) is 0 Å². The molecule has 0 aliphatic carbocycles. The largest absolute Gasteiger partial charge is 0.497 e. The Hall–Kier alpha value is -1.02. The van der Waals surface area contributed by atoms with E-state index >= 15 is 0 Å². The van der Waals surface area contributed by atoms with Gasteiger partial charge in [0, 0.05) is 12.1 Å². The lowest BCUT2D eigenvalue weighted by Gasteiger charge is -2.23. The van der Waals surface area contributed by atoms with Crippen molar-refractivity contribution in [3.8, 4) is 5.75 Å². The molecule has 2 nitrogen and oxygen atoms in total. The average molecular weight is 249 g/mol. The lowest BCUT2D eigenvalue weighted by molar-refractivity contribution is 0.397. The zero-order valence-electron chi connectivity index (χ0n) is 12.2. The van der Waals surface area contributed by atoms with E-state index in [0.29, 0.717) is 12.1 Å². The summed E-state index contributed by atoms with van der Waals surface area (Å²) in [6, 6.07) is 9.33. The van der Waals surface area contributed by atoms with Gasteiger partial charge in [0.1, 0.15) is 5.75 Å². The highest BCUT2D eigenvalue weighted by Gasteiger charge is 2.12. The van der Waals surface area contributed by atoms with Gasteiger partial charge in [0.15, 0.2) is 0 Å². The molecule has 1 aromatic carbocycles. The molecule has 0 radical (unpaired) electrons. The van der Waals surface area contributed by atoms with Crippen molar-refractivity contribution >= 4 is 0 Å². The maximum atomic E-state index is 5.28. The summed E-state index contributed by atoms with van der Waals surface area (Å²) in [5.74, 6) is 0.934. The third-order valence-corrected chi connectivity index (χ3v) is 3.35. The maximum absolute atomic E-state index is 5.28. The fraction of sp³-hybridized carbons (Fsp3) is 0.625. The van der Waals surface area contributed by atoms with E-state index in [0.717, 1.165) is 5.75 Å². The first-order chi connectivity index (χ1) is 8.71. The van der Waals surface area contributed by atoms with Crippen LogP contribution in [0.4, 0.5) is 0 Å². The Morgan fingerprint density at radius 1 is 1.17 bits per heavy atom. The van der Waals surface area contributed by atoms with Crippen LogP contribution in [0.1, 0.15) is 58.1 Å². The van der Waals surface area contributed by atoms with Crippen molar-refractivity contribution in [2.75, 3.05) is 7.11 Å². The van der Waals surface area contributed by atoms with E-state index in [2.05, 4.69) is 44.3 Å². The lowest BCUT2D eigenvalue weighted by atomic mass is 10.0. The predicted molar refractivity (Wildman–Crippen MR) is 78.1 cm³/mol. The van der Waals surface area contributed by atoms with Crippen LogP contribution in [0.2, 0.25) is 0 Å². The monoisotopic (exact) mass is 249 g/mol. The molecule has 1 rings (SSSR count). The second-order valence-corrected chi connectivity index (χ2v) is 4.94. The minimum absolute atomic E-state index is 0.378. The van der Waals surface area contributed by atoms with Crippen molar-refractivity contribution in [1.82, 2.24) is 5.32 Å². The van der Waals surface area contributed by atoms with E-state index in [1.54, 1.807) is 7.11 Å². The van der Waals surface area contributed by atoms with E-state index in [9.17, 15) is 0 Å². The van der Waals surface area contributed by atoms with Crippen LogP contribution in [0.3, 0.4) is 0 Å². The van der Waals surface area contributed by atoms with Gasteiger partial charge in [-0.2, -0.15) is 0 Å². The molecule has 0 unspecified atom stereocenters.